The Morgan fingerprint density at radius 3 is 3.00 bits per heavy atom. The normalized spacial score (nSPS) is 21.3. The van der Waals surface area contributed by atoms with Crippen molar-refractivity contribution in [3.8, 4) is 0 Å². The fourth-order valence-electron chi connectivity index (χ4n) is 2.34. The second-order valence-electron chi connectivity index (χ2n) is 5.40. The second kappa shape index (κ2) is 8.23. The summed E-state index contributed by atoms with van der Waals surface area (Å²) in [6.45, 7) is 5.66. The largest absolute Gasteiger partial charge is 0.313 e. The number of rotatable bonds is 6. The first-order valence-corrected chi connectivity index (χ1v) is 9.42. The Labute approximate surface area is 126 Å². The van der Waals surface area contributed by atoms with E-state index < -0.39 is 0 Å². The van der Waals surface area contributed by atoms with Gasteiger partial charge in [-0.15, -0.1) is 0 Å². The van der Waals surface area contributed by atoms with Crippen molar-refractivity contribution >= 4 is 23.5 Å². The molecule has 106 valence electrons. The summed E-state index contributed by atoms with van der Waals surface area (Å²) in [5.41, 5.74) is 2.84. The van der Waals surface area contributed by atoms with Crippen molar-refractivity contribution < 1.29 is 0 Å². The molecule has 19 heavy (non-hydrogen) atoms. The summed E-state index contributed by atoms with van der Waals surface area (Å²) in [6, 6.07) is 9.50. The van der Waals surface area contributed by atoms with E-state index in [0.29, 0.717) is 6.04 Å². The van der Waals surface area contributed by atoms with Gasteiger partial charge in [0.2, 0.25) is 0 Å². The lowest BCUT2D eigenvalue weighted by Gasteiger charge is -2.23. The van der Waals surface area contributed by atoms with Crippen LogP contribution in [0.3, 0.4) is 0 Å². The van der Waals surface area contributed by atoms with E-state index in [2.05, 4.69) is 67.0 Å². The van der Waals surface area contributed by atoms with E-state index >= 15 is 0 Å². The van der Waals surface area contributed by atoms with Crippen LogP contribution >= 0.6 is 23.5 Å². The van der Waals surface area contributed by atoms with Gasteiger partial charge in [-0.25, -0.2) is 0 Å². The Balaban J connectivity index is 1.65. The van der Waals surface area contributed by atoms with Gasteiger partial charge >= 0.3 is 0 Å². The molecule has 0 aromatic heterocycles. The van der Waals surface area contributed by atoms with E-state index in [4.69, 9.17) is 0 Å². The van der Waals surface area contributed by atoms with Crippen molar-refractivity contribution in [1.29, 1.82) is 0 Å². The first-order valence-electron chi connectivity index (χ1n) is 7.22. The Morgan fingerprint density at radius 1 is 1.37 bits per heavy atom. The van der Waals surface area contributed by atoms with E-state index in [-0.39, 0.29) is 0 Å². The lowest BCUT2D eigenvalue weighted by Crippen LogP contribution is -2.35. The SMILES string of the molecule is Cc1cccc(CCC(C)NCC2CSCCS2)c1. The highest BCUT2D eigenvalue weighted by Crippen LogP contribution is 2.23. The minimum absolute atomic E-state index is 0.619. The fraction of sp³-hybridized carbons (Fsp3) is 0.625. The van der Waals surface area contributed by atoms with Gasteiger partial charge in [-0.05, 0) is 32.3 Å². The summed E-state index contributed by atoms with van der Waals surface area (Å²) in [4.78, 5) is 0. The van der Waals surface area contributed by atoms with Gasteiger partial charge in [0.1, 0.15) is 0 Å². The van der Waals surface area contributed by atoms with Crippen LogP contribution in [0.25, 0.3) is 0 Å². The van der Waals surface area contributed by atoms with E-state index in [9.17, 15) is 0 Å². The molecule has 3 heteroatoms. The van der Waals surface area contributed by atoms with Crippen molar-refractivity contribution in [1.82, 2.24) is 5.32 Å². The summed E-state index contributed by atoms with van der Waals surface area (Å²) >= 11 is 4.24. The van der Waals surface area contributed by atoms with E-state index in [1.54, 1.807) is 0 Å². The molecular formula is C16H25NS2. The first kappa shape index (κ1) is 15.3. The van der Waals surface area contributed by atoms with Gasteiger partial charge < -0.3 is 5.32 Å². The predicted octanol–water partition coefficient (Wildman–Crippen LogP) is 3.75. The average Bonchev–Trinajstić information content (AvgIpc) is 2.44. The first-order chi connectivity index (χ1) is 9.24. The molecular weight excluding hydrogens is 270 g/mol. The maximum Gasteiger partial charge on any atom is 0.0263 e. The maximum absolute atomic E-state index is 3.70. The van der Waals surface area contributed by atoms with Crippen LogP contribution in [0, 0.1) is 6.92 Å². The van der Waals surface area contributed by atoms with Gasteiger partial charge in [-0.1, -0.05) is 29.8 Å². The zero-order valence-corrected chi connectivity index (χ0v) is 13.7. The van der Waals surface area contributed by atoms with Crippen LogP contribution in [0.15, 0.2) is 24.3 Å². The molecule has 0 aliphatic carbocycles. The summed E-state index contributed by atoms with van der Waals surface area (Å²) in [5, 5.41) is 4.52. The summed E-state index contributed by atoms with van der Waals surface area (Å²) < 4.78 is 0. The maximum atomic E-state index is 3.70. The molecule has 1 heterocycles. The molecule has 1 aliphatic rings. The molecule has 2 atom stereocenters. The summed E-state index contributed by atoms with van der Waals surface area (Å²) in [7, 11) is 0. The van der Waals surface area contributed by atoms with Crippen LogP contribution in [0.1, 0.15) is 24.5 Å². The van der Waals surface area contributed by atoms with Gasteiger partial charge in [-0.2, -0.15) is 23.5 Å². The highest BCUT2D eigenvalue weighted by molar-refractivity contribution is 8.06. The molecule has 1 aliphatic heterocycles. The van der Waals surface area contributed by atoms with Crippen molar-refractivity contribution in [2.45, 2.75) is 38.0 Å². The molecule has 1 saturated heterocycles. The number of thioether (sulfide) groups is 2. The number of nitrogens with one attached hydrogen (secondary N) is 1. The van der Waals surface area contributed by atoms with Crippen LogP contribution in [-0.2, 0) is 6.42 Å². The molecule has 2 unspecified atom stereocenters. The van der Waals surface area contributed by atoms with E-state index in [1.165, 1.54) is 47.8 Å². The summed E-state index contributed by atoms with van der Waals surface area (Å²) in [6.07, 6.45) is 2.41. The minimum Gasteiger partial charge on any atom is -0.313 e. The summed E-state index contributed by atoms with van der Waals surface area (Å²) in [5.74, 6) is 3.99. The Hall–Kier alpha value is -0.120. The molecule has 0 radical (unpaired) electrons. The molecule has 0 saturated carbocycles. The highest BCUT2D eigenvalue weighted by Gasteiger charge is 2.14. The monoisotopic (exact) mass is 295 g/mol. The van der Waals surface area contributed by atoms with Crippen LogP contribution < -0.4 is 5.32 Å². The van der Waals surface area contributed by atoms with Gasteiger partial charge in [0.05, 0.1) is 0 Å². The lowest BCUT2D eigenvalue weighted by atomic mass is 10.0. The lowest BCUT2D eigenvalue weighted by molar-refractivity contribution is 0.518. The average molecular weight is 296 g/mol. The van der Waals surface area contributed by atoms with E-state index in [1.807, 2.05) is 0 Å². The molecule has 1 fully saturated rings. The predicted molar refractivity (Wildman–Crippen MR) is 90.5 cm³/mol. The molecule has 1 aromatic rings. The molecule has 0 amide bonds. The van der Waals surface area contributed by atoms with Crippen LogP contribution in [0.4, 0.5) is 0 Å². The molecule has 2 rings (SSSR count). The topological polar surface area (TPSA) is 12.0 Å². The van der Waals surface area contributed by atoms with Crippen molar-refractivity contribution in [2.75, 3.05) is 23.8 Å². The van der Waals surface area contributed by atoms with Crippen molar-refractivity contribution in [3.63, 3.8) is 0 Å². The third-order valence-corrected chi connectivity index (χ3v) is 6.37. The Kier molecular flexibility index (Phi) is 6.62. The Morgan fingerprint density at radius 2 is 2.26 bits per heavy atom. The minimum atomic E-state index is 0.619. The van der Waals surface area contributed by atoms with Crippen LogP contribution in [0.2, 0.25) is 0 Å². The molecule has 0 bridgehead atoms. The molecule has 1 nitrogen and oxygen atoms in total. The number of hydrogen-bond acceptors (Lipinski definition) is 3. The van der Waals surface area contributed by atoms with Crippen molar-refractivity contribution in [2.24, 2.45) is 0 Å². The van der Waals surface area contributed by atoms with Crippen LogP contribution in [0.5, 0.6) is 0 Å². The fourth-order valence-corrected chi connectivity index (χ4v) is 4.96. The van der Waals surface area contributed by atoms with Gasteiger partial charge in [0, 0.05) is 35.1 Å². The number of benzene rings is 1. The zero-order valence-electron chi connectivity index (χ0n) is 12.0. The number of aryl methyl sites for hydroxylation is 2. The third-order valence-electron chi connectivity index (χ3n) is 3.53. The van der Waals surface area contributed by atoms with Crippen molar-refractivity contribution in [3.05, 3.63) is 35.4 Å². The number of hydrogen-bond donors (Lipinski definition) is 1. The van der Waals surface area contributed by atoms with Gasteiger partial charge in [-0.3, -0.25) is 0 Å². The zero-order chi connectivity index (χ0) is 13.5. The van der Waals surface area contributed by atoms with Gasteiger partial charge in [0.15, 0.2) is 0 Å². The highest BCUT2D eigenvalue weighted by atomic mass is 32.2. The van der Waals surface area contributed by atoms with Crippen LogP contribution in [-0.4, -0.2) is 35.1 Å². The standard InChI is InChI=1S/C16H25NS2/c1-13-4-3-5-15(10-13)7-6-14(2)17-11-16-12-18-8-9-19-16/h3-5,10,14,16-17H,6-9,11-12H2,1-2H3. The van der Waals surface area contributed by atoms with E-state index in [0.717, 1.165) is 5.25 Å². The molecule has 0 spiro atoms. The molecule has 1 N–H and O–H groups in total. The van der Waals surface area contributed by atoms with Gasteiger partial charge in [0.25, 0.3) is 0 Å². The smallest absolute Gasteiger partial charge is 0.0263 e. The quantitative estimate of drug-likeness (QED) is 0.858. The third kappa shape index (κ3) is 5.80. The second-order valence-corrected chi connectivity index (χ2v) is 7.96. The Bertz CT molecular complexity index is 375. The molecule has 1 aromatic carbocycles.